The van der Waals surface area contributed by atoms with E-state index in [0.717, 1.165) is 22.5 Å². The monoisotopic (exact) mass is 283 g/mol. The highest BCUT2D eigenvalue weighted by molar-refractivity contribution is 7.17. The van der Waals surface area contributed by atoms with Crippen molar-refractivity contribution < 1.29 is 9.90 Å². The van der Waals surface area contributed by atoms with Gasteiger partial charge in [0.25, 0.3) is 0 Å². The average molecular weight is 283 g/mol. The summed E-state index contributed by atoms with van der Waals surface area (Å²) in [5, 5.41) is 18.9. The first-order valence-corrected chi connectivity index (χ1v) is 6.64. The van der Waals surface area contributed by atoms with Crippen LogP contribution in [0.2, 0.25) is 0 Å². The zero-order valence-corrected chi connectivity index (χ0v) is 11.3. The Morgan fingerprint density at radius 2 is 2.30 bits per heavy atom. The van der Waals surface area contributed by atoms with Crippen LogP contribution in [0.25, 0.3) is 16.2 Å². The van der Waals surface area contributed by atoms with Crippen LogP contribution in [0.15, 0.2) is 30.5 Å². The summed E-state index contributed by atoms with van der Waals surface area (Å²) in [6, 6.07) is 9.44. The van der Waals surface area contributed by atoms with Crippen molar-refractivity contribution >= 4 is 22.8 Å². The van der Waals surface area contributed by atoms with Gasteiger partial charge in [0.15, 0.2) is 0 Å². The molecule has 0 amide bonds. The molecule has 0 bridgehead atoms. The lowest BCUT2D eigenvalue weighted by atomic mass is 10.3. The van der Waals surface area contributed by atoms with Gasteiger partial charge in [-0.1, -0.05) is 6.07 Å². The van der Waals surface area contributed by atoms with E-state index in [9.17, 15) is 4.79 Å². The molecule has 0 aromatic carbocycles. The van der Waals surface area contributed by atoms with Gasteiger partial charge < -0.3 is 9.51 Å². The molecule has 3 aromatic rings. The summed E-state index contributed by atoms with van der Waals surface area (Å²) in [7, 11) is 0. The largest absolute Gasteiger partial charge is 0.477 e. The second-order valence-corrected chi connectivity index (χ2v) is 5.25. The highest BCUT2D eigenvalue weighted by atomic mass is 32.1. The Kier molecular flexibility index (Phi) is 2.77. The number of nitriles is 1. The Bertz CT molecular complexity index is 870. The lowest BCUT2D eigenvalue weighted by Crippen LogP contribution is -1.94. The fourth-order valence-corrected chi connectivity index (χ4v) is 3.03. The van der Waals surface area contributed by atoms with E-state index < -0.39 is 5.97 Å². The lowest BCUT2D eigenvalue weighted by molar-refractivity contribution is 0.0701. The molecule has 20 heavy (non-hydrogen) atoms. The number of hydrogen-bond donors (Lipinski definition) is 1. The summed E-state index contributed by atoms with van der Waals surface area (Å²) in [5.74, 6) is -0.979. The standard InChI is InChI=1S/C14H9N3O2S/c1-8-12(14(18)19)20-13(16-8)11-6-9(7-15)10-4-2-3-5-17(10)11/h2-6H,1H3,(H,18,19). The number of aromatic nitrogens is 2. The van der Waals surface area contributed by atoms with Gasteiger partial charge in [-0.2, -0.15) is 5.26 Å². The molecule has 5 nitrogen and oxygen atoms in total. The van der Waals surface area contributed by atoms with E-state index in [1.165, 1.54) is 0 Å². The van der Waals surface area contributed by atoms with Crippen LogP contribution in [0, 0.1) is 18.3 Å². The van der Waals surface area contributed by atoms with Gasteiger partial charge in [0.05, 0.1) is 22.5 Å². The minimum absolute atomic E-state index is 0.226. The Labute approximate surface area is 118 Å². The molecule has 0 fully saturated rings. The van der Waals surface area contributed by atoms with Crippen molar-refractivity contribution in [2.24, 2.45) is 0 Å². The summed E-state index contributed by atoms with van der Waals surface area (Å²) in [4.78, 5) is 15.6. The van der Waals surface area contributed by atoms with Crippen LogP contribution in [0.5, 0.6) is 0 Å². The number of carbonyl (C=O) groups is 1. The number of rotatable bonds is 2. The Hall–Kier alpha value is -2.65. The van der Waals surface area contributed by atoms with Crippen LogP contribution >= 0.6 is 11.3 Å². The Morgan fingerprint density at radius 3 is 2.95 bits per heavy atom. The molecule has 3 rings (SSSR count). The van der Waals surface area contributed by atoms with Crippen LogP contribution in [0.3, 0.4) is 0 Å². The van der Waals surface area contributed by atoms with E-state index in [4.69, 9.17) is 10.4 Å². The number of pyridine rings is 1. The average Bonchev–Trinajstić information content (AvgIpc) is 2.99. The number of nitrogens with zero attached hydrogens (tertiary/aromatic N) is 3. The molecule has 0 unspecified atom stereocenters. The maximum atomic E-state index is 11.1. The molecule has 0 atom stereocenters. The van der Waals surface area contributed by atoms with Crippen LogP contribution in [-0.2, 0) is 0 Å². The van der Waals surface area contributed by atoms with Crippen LogP contribution in [0.1, 0.15) is 20.9 Å². The van der Waals surface area contributed by atoms with Gasteiger partial charge >= 0.3 is 5.97 Å². The zero-order chi connectivity index (χ0) is 14.3. The maximum Gasteiger partial charge on any atom is 0.347 e. The highest BCUT2D eigenvalue weighted by Gasteiger charge is 2.18. The molecule has 0 saturated heterocycles. The minimum atomic E-state index is -0.979. The van der Waals surface area contributed by atoms with Crippen molar-refractivity contribution in [2.45, 2.75) is 6.92 Å². The number of aryl methyl sites for hydroxylation is 1. The third-order valence-corrected chi connectivity index (χ3v) is 4.17. The molecule has 3 aromatic heterocycles. The van der Waals surface area contributed by atoms with Crippen molar-refractivity contribution in [3.8, 4) is 16.8 Å². The molecule has 6 heteroatoms. The molecular weight excluding hydrogens is 274 g/mol. The van der Waals surface area contributed by atoms with Crippen LogP contribution in [-0.4, -0.2) is 20.5 Å². The quantitative estimate of drug-likeness (QED) is 0.784. The first-order chi connectivity index (χ1) is 9.61. The van der Waals surface area contributed by atoms with Crippen molar-refractivity contribution in [1.82, 2.24) is 9.38 Å². The summed E-state index contributed by atoms with van der Waals surface area (Å²) >= 11 is 1.12. The predicted octanol–water partition coefficient (Wildman–Crippen LogP) is 2.94. The second kappa shape index (κ2) is 4.47. The molecule has 1 N–H and O–H groups in total. The second-order valence-electron chi connectivity index (χ2n) is 4.25. The van der Waals surface area contributed by atoms with Gasteiger partial charge in [-0.3, -0.25) is 0 Å². The lowest BCUT2D eigenvalue weighted by Gasteiger charge is -1.98. The third-order valence-electron chi connectivity index (χ3n) is 3.01. The van der Waals surface area contributed by atoms with Gasteiger partial charge in [0.2, 0.25) is 0 Å². The molecule has 0 saturated carbocycles. The fourth-order valence-electron chi connectivity index (χ4n) is 2.11. The number of hydrogen-bond acceptors (Lipinski definition) is 4. The number of carboxylic acids is 1. The summed E-state index contributed by atoms with van der Waals surface area (Å²) in [5.41, 5.74) is 2.56. The topological polar surface area (TPSA) is 78.4 Å². The van der Waals surface area contributed by atoms with Crippen molar-refractivity contribution in [2.75, 3.05) is 0 Å². The maximum absolute atomic E-state index is 11.1. The van der Waals surface area contributed by atoms with Crippen molar-refractivity contribution in [3.05, 3.63) is 46.6 Å². The molecule has 0 aliphatic carbocycles. The molecule has 0 radical (unpaired) electrons. The van der Waals surface area contributed by atoms with Crippen LogP contribution in [0.4, 0.5) is 0 Å². The van der Waals surface area contributed by atoms with Gasteiger partial charge in [-0.25, -0.2) is 9.78 Å². The first kappa shape index (κ1) is 12.4. The molecule has 0 aliphatic rings. The van der Waals surface area contributed by atoms with Crippen molar-refractivity contribution in [3.63, 3.8) is 0 Å². The van der Waals surface area contributed by atoms with E-state index >= 15 is 0 Å². The normalized spacial score (nSPS) is 10.6. The first-order valence-electron chi connectivity index (χ1n) is 5.83. The van der Waals surface area contributed by atoms with Gasteiger partial charge in [0.1, 0.15) is 16.0 Å². The highest BCUT2D eigenvalue weighted by Crippen LogP contribution is 2.31. The minimum Gasteiger partial charge on any atom is -0.477 e. The van der Waals surface area contributed by atoms with E-state index in [-0.39, 0.29) is 4.88 Å². The predicted molar refractivity (Wildman–Crippen MR) is 74.9 cm³/mol. The summed E-state index contributed by atoms with van der Waals surface area (Å²) in [6.45, 7) is 1.67. The number of thiazole rings is 1. The SMILES string of the molecule is Cc1nc(-c2cc(C#N)c3ccccn23)sc1C(=O)O. The third kappa shape index (κ3) is 1.76. The van der Waals surface area contributed by atoms with E-state index in [2.05, 4.69) is 11.1 Å². The Morgan fingerprint density at radius 1 is 1.50 bits per heavy atom. The number of fused-ring (bicyclic) bond motifs is 1. The number of carboxylic acid groups (broad SMARTS) is 1. The van der Waals surface area contributed by atoms with Gasteiger partial charge in [0, 0.05) is 6.20 Å². The molecule has 0 spiro atoms. The van der Waals surface area contributed by atoms with E-state index in [1.807, 2.05) is 28.8 Å². The molecule has 98 valence electrons. The molecule has 0 aliphatic heterocycles. The summed E-state index contributed by atoms with van der Waals surface area (Å²) < 4.78 is 1.85. The van der Waals surface area contributed by atoms with Crippen molar-refractivity contribution in [1.29, 1.82) is 5.26 Å². The van der Waals surface area contributed by atoms with Gasteiger partial charge in [-0.15, -0.1) is 11.3 Å². The smallest absolute Gasteiger partial charge is 0.347 e. The fraction of sp³-hybridized carbons (Fsp3) is 0.0714. The molecule has 3 heterocycles. The zero-order valence-electron chi connectivity index (χ0n) is 10.5. The number of aromatic carboxylic acids is 1. The summed E-state index contributed by atoms with van der Waals surface area (Å²) in [6.07, 6.45) is 1.84. The van der Waals surface area contributed by atoms with E-state index in [0.29, 0.717) is 16.3 Å². The molecular formula is C14H9N3O2S. The Balaban J connectivity index is 2.28. The van der Waals surface area contributed by atoms with Gasteiger partial charge in [-0.05, 0) is 25.1 Å². The van der Waals surface area contributed by atoms with E-state index in [1.54, 1.807) is 13.0 Å². The van der Waals surface area contributed by atoms with Crippen LogP contribution < -0.4 is 0 Å².